The number of para-hydroxylation sites is 2. The van der Waals surface area contributed by atoms with E-state index in [1.165, 1.54) is 0 Å². The summed E-state index contributed by atoms with van der Waals surface area (Å²) < 4.78 is 1.59. The number of nitrogens with one attached hydrogen (secondary N) is 1. The van der Waals surface area contributed by atoms with E-state index in [1.807, 2.05) is 62.4 Å². The highest BCUT2D eigenvalue weighted by atomic mass is 16.2. The highest BCUT2D eigenvalue weighted by molar-refractivity contribution is 6.37. The summed E-state index contributed by atoms with van der Waals surface area (Å²) in [6.45, 7) is 4.11. The molecule has 0 spiro atoms. The monoisotopic (exact) mass is 397 g/mol. The Bertz CT molecular complexity index is 1220. The lowest BCUT2D eigenvalue weighted by Gasteiger charge is -2.13. The third-order valence-corrected chi connectivity index (χ3v) is 4.90. The number of benzene rings is 2. The first-order valence-corrected chi connectivity index (χ1v) is 9.54. The molecule has 1 aliphatic heterocycles. The Morgan fingerprint density at radius 1 is 1.13 bits per heavy atom. The van der Waals surface area contributed by atoms with Crippen LogP contribution in [0.3, 0.4) is 0 Å². The lowest BCUT2D eigenvalue weighted by atomic mass is 10.0. The Hall–Kier alpha value is -4.18. The molecule has 7 heteroatoms. The number of hydrogen-bond donors (Lipinski definition) is 1. The molecule has 148 valence electrons. The minimum Gasteiger partial charge on any atom is -0.308 e. The molecule has 2 aromatic carbocycles. The molecular weight excluding hydrogens is 378 g/mol. The SMILES string of the molecule is CCN1C(=O)/C(=C(/C#N)C(=O)Nc2cc(C)nn2-c2ccccc2)c2ccccc21. The molecule has 0 atom stereocenters. The first kappa shape index (κ1) is 19.2. The average Bonchev–Trinajstić information content (AvgIpc) is 3.26. The van der Waals surface area contributed by atoms with E-state index in [-0.39, 0.29) is 17.1 Å². The standard InChI is InChI=1S/C23H19N5O2/c1-3-27-19-12-8-7-11-17(19)21(23(27)30)18(14-24)22(29)25-20-13-15(2)26-28(20)16-9-5-4-6-10-16/h4-13H,3H2,1-2H3,(H,25,29)/b21-18-. The van der Waals surface area contributed by atoms with Crippen LogP contribution >= 0.6 is 0 Å². The first-order chi connectivity index (χ1) is 14.5. The Balaban J connectivity index is 1.76. The summed E-state index contributed by atoms with van der Waals surface area (Å²) in [5.74, 6) is -0.577. The van der Waals surface area contributed by atoms with Gasteiger partial charge in [0.1, 0.15) is 17.5 Å². The molecule has 30 heavy (non-hydrogen) atoms. The van der Waals surface area contributed by atoms with Crippen LogP contribution in [0.1, 0.15) is 18.2 Å². The van der Waals surface area contributed by atoms with Crippen LogP contribution in [0.4, 0.5) is 11.5 Å². The van der Waals surface area contributed by atoms with E-state index >= 15 is 0 Å². The third kappa shape index (κ3) is 3.14. The molecule has 3 aromatic rings. The van der Waals surface area contributed by atoms with E-state index in [9.17, 15) is 14.9 Å². The fourth-order valence-corrected chi connectivity index (χ4v) is 3.59. The summed E-state index contributed by atoms with van der Waals surface area (Å²) >= 11 is 0. The van der Waals surface area contributed by atoms with Crippen LogP contribution in [0, 0.1) is 18.3 Å². The predicted octanol–water partition coefficient (Wildman–Crippen LogP) is 3.46. The maximum atomic E-state index is 13.1. The predicted molar refractivity (Wildman–Crippen MR) is 114 cm³/mol. The van der Waals surface area contributed by atoms with Gasteiger partial charge in [-0.05, 0) is 32.0 Å². The van der Waals surface area contributed by atoms with Crippen molar-refractivity contribution in [2.75, 3.05) is 16.8 Å². The van der Waals surface area contributed by atoms with Gasteiger partial charge in [0.25, 0.3) is 11.8 Å². The van der Waals surface area contributed by atoms with Crippen LogP contribution in [-0.4, -0.2) is 28.1 Å². The summed E-state index contributed by atoms with van der Waals surface area (Å²) in [4.78, 5) is 27.6. The average molecular weight is 397 g/mol. The number of fused-ring (bicyclic) bond motifs is 1. The number of carbonyl (C=O) groups excluding carboxylic acids is 2. The minimum absolute atomic E-state index is 0.120. The van der Waals surface area contributed by atoms with E-state index in [0.29, 0.717) is 29.3 Å². The topological polar surface area (TPSA) is 91.0 Å². The fourth-order valence-electron chi connectivity index (χ4n) is 3.59. The molecule has 0 aliphatic carbocycles. The van der Waals surface area contributed by atoms with Crippen LogP contribution in [0.2, 0.25) is 0 Å². The van der Waals surface area contributed by atoms with Gasteiger partial charge in [-0.25, -0.2) is 4.68 Å². The number of hydrogen-bond acceptors (Lipinski definition) is 4. The smallest absolute Gasteiger partial charge is 0.268 e. The van der Waals surface area contributed by atoms with Crippen molar-refractivity contribution in [3.8, 4) is 11.8 Å². The first-order valence-electron chi connectivity index (χ1n) is 9.54. The fraction of sp³-hybridized carbons (Fsp3) is 0.130. The highest BCUT2D eigenvalue weighted by Gasteiger charge is 2.35. The second-order valence-electron chi connectivity index (χ2n) is 6.80. The van der Waals surface area contributed by atoms with Crippen molar-refractivity contribution in [3.63, 3.8) is 0 Å². The largest absolute Gasteiger partial charge is 0.308 e. The number of aromatic nitrogens is 2. The summed E-state index contributed by atoms with van der Waals surface area (Å²) in [6, 6.07) is 20.2. The van der Waals surface area contributed by atoms with Crippen LogP contribution in [0.25, 0.3) is 11.3 Å². The Morgan fingerprint density at radius 3 is 2.53 bits per heavy atom. The molecule has 0 unspecified atom stereocenters. The molecule has 1 N–H and O–H groups in total. The highest BCUT2D eigenvalue weighted by Crippen LogP contribution is 2.38. The second kappa shape index (κ2) is 7.68. The van der Waals surface area contributed by atoms with Crippen LogP contribution in [0.5, 0.6) is 0 Å². The van der Waals surface area contributed by atoms with Crippen molar-refractivity contribution in [3.05, 3.63) is 77.5 Å². The van der Waals surface area contributed by atoms with Crippen molar-refractivity contribution in [1.82, 2.24) is 9.78 Å². The number of amides is 2. The van der Waals surface area contributed by atoms with Crippen molar-refractivity contribution in [1.29, 1.82) is 5.26 Å². The van der Waals surface area contributed by atoms with Gasteiger partial charge < -0.3 is 10.2 Å². The lowest BCUT2D eigenvalue weighted by molar-refractivity contribution is -0.114. The summed E-state index contributed by atoms with van der Waals surface area (Å²) in [6.07, 6.45) is 0. The molecule has 7 nitrogen and oxygen atoms in total. The van der Waals surface area contributed by atoms with Crippen molar-refractivity contribution in [2.24, 2.45) is 0 Å². The van der Waals surface area contributed by atoms with Gasteiger partial charge in [-0.3, -0.25) is 9.59 Å². The molecule has 0 saturated heterocycles. The molecule has 1 aromatic heterocycles. The maximum Gasteiger partial charge on any atom is 0.268 e. The van der Waals surface area contributed by atoms with Gasteiger partial charge in [0.05, 0.1) is 22.6 Å². The molecule has 0 radical (unpaired) electrons. The Labute approximate surface area is 173 Å². The van der Waals surface area contributed by atoms with Gasteiger partial charge in [0.15, 0.2) is 0 Å². The molecule has 2 amide bonds. The molecule has 2 heterocycles. The molecule has 0 fully saturated rings. The molecular formula is C23H19N5O2. The molecule has 4 rings (SSSR count). The van der Waals surface area contributed by atoms with E-state index in [4.69, 9.17) is 0 Å². The third-order valence-electron chi connectivity index (χ3n) is 4.90. The number of anilines is 2. The lowest BCUT2D eigenvalue weighted by Crippen LogP contribution is -2.27. The molecule has 1 aliphatic rings. The van der Waals surface area contributed by atoms with Crippen molar-refractivity contribution < 1.29 is 9.59 Å². The van der Waals surface area contributed by atoms with Gasteiger partial charge in [0.2, 0.25) is 0 Å². The normalized spacial score (nSPS) is 14.3. The summed E-state index contributed by atoms with van der Waals surface area (Å²) in [5, 5.41) is 16.9. The van der Waals surface area contributed by atoms with Crippen LogP contribution in [-0.2, 0) is 9.59 Å². The quantitative estimate of drug-likeness (QED) is 0.539. The van der Waals surface area contributed by atoms with E-state index in [1.54, 1.807) is 27.8 Å². The van der Waals surface area contributed by atoms with Crippen LogP contribution < -0.4 is 10.2 Å². The number of likely N-dealkylation sites (N-methyl/N-ethyl adjacent to an activating group) is 1. The van der Waals surface area contributed by atoms with Gasteiger partial charge >= 0.3 is 0 Å². The second-order valence-corrected chi connectivity index (χ2v) is 6.80. The van der Waals surface area contributed by atoms with Gasteiger partial charge in [-0.1, -0.05) is 36.4 Å². The zero-order valence-electron chi connectivity index (χ0n) is 16.6. The number of nitrogens with zero attached hydrogens (tertiary/aromatic N) is 4. The Kier molecular flexibility index (Phi) is 4.90. The van der Waals surface area contributed by atoms with Gasteiger partial charge in [-0.2, -0.15) is 10.4 Å². The van der Waals surface area contributed by atoms with Crippen molar-refractivity contribution >= 4 is 28.9 Å². The summed E-state index contributed by atoms with van der Waals surface area (Å²) in [5.41, 5.74) is 2.66. The number of aryl methyl sites for hydroxylation is 1. The number of nitriles is 1. The van der Waals surface area contributed by atoms with Crippen LogP contribution in [0.15, 0.2) is 66.2 Å². The molecule has 0 bridgehead atoms. The number of carbonyl (C=O) groups is 2. The van der Waals surface area contributed by atoms with E-state index in [2.05, 4.69) is 10.4 Å². The van der Waals surface area contributed by atoms with Crippen molar-refractivity contribution in [2.45, 2.75) is 13.8 Å². The molecule has 0 saturated carbocycles. The summed E-state index contributed by atoms with van der Waals surface area (Å²) in [7, 11) is 0. The minimum atomic E-state index is -0.648. The maximum absolute atomic E-state index is 13.1. The zero-order valence-corrected chi connectivity index (χ0v) is 16.6. The van der Waals surface area contributed by atoms with E-state index in [0.717, 1.165) is 5.69 Å². The number of rotatable bonds is 4. The Morgan fingerprint density at radius 2 is 1.83 bits per heavy atom. The van der Waals surface area contributed by atoms with Gasteiger partial charge in [0, 0.05) is 18.2 Å². The zero-order chi connectivity index (χ0) is 21.3. The van der Waals surface area contributed by atoms with E-state index < -0.39 is 5.91 Å². The van der Waals surface area contributed by atoms with Gasteiger partial charge in [-0.15, -0.1) is 0 Å².